The maximum absolute atomic E-state index is 13.4. The molecule has 2 amide bonds. The topological polar surface area (TPSA) is 58.2 Å². The summed E-state index contributed by atoms with van der Waals surface area (Å²) in [7, 11) is 0. The minimum Gasteiger partial charge on any atom is -0.343 e. The van der Waals surface area contributed by atoms with Crippen LogP contribution in [0.25, 0.3) is 0 Å². The zero-order chi connectivity index (χ0) is 17.7. The van der Waals surface area contributed by atoms with E-state index < -0.39 is 17.6 Å². The van der Waals surface area contributed by atoms with Crippen molar-refractivity contribution in [3.8, 4) is 12.3 Å². The van der Waals surface area contributed by atoms with Crippen LogP contribution in [0.1, 0.15) is 15.9 Å². The smallest absolute Gasteiger partial charge is 0.253 e. The molecule has 0 aliphatic carbocycles. The van der Waals surface area contributed by atoms with Crippen molar-refractivity contribution in [3.05, 3.63) is 63.4 Å². The lowest BCUT2D eigenvalue weighted by Gasteiger charge is -2.09. The van der Waals surface area contributed by atoms with Gasteiger partial charge in [-0.1, -0.05) is 35.2 Å². The van der Waals surface area contributed by atoms with Crippen molar-refractivity contribution in [2.24, 2.45) is 0 Å². The summed E-state index contributed by atoms with van der Waals surface area (Å²) in [6.07, 6.45) is 5.28. The molecule has 7 heteroatoms. The van der Waals surface area contributed by atoms with Crippen LogP contribution in [0.2, 0.25) is 10.0 Å². The molecule has 0 aliphatic rings. The Hall–Kier alpha value is -2.55. The quantitative estimate of drug-likeness (QED) is 0.644. The zero-order valence-electron chi connectivity index (χ0n) is 12.2. The summed E-state index contributed by atoms with van der Waals surface area (Å²) in [6.45, 7) is -0.320. The first-order valence-corrected chi connectivity index (χ1v) is 7.45. The molecular weight excluding hydrogens is 354 g/mol. The predicted octanol–water partition coefficient (Wildman–Crippen LogP) is 3.48. The molecule has 0 heterocycles. The normalized spacial score (nSPS) is 9.92. The zero-order valence-corrected chi connectivity index (χ0v) is 13.7. The van der Waals surface area contributed by atoms with Crippen LogP contribution in [0.15, 0.2) is 36.4 Å². The molecule has 0 atom stereocenters. The van der Waals surface area contributed by atoms with Crippen LogP contribution in [0.4, 0.5) is 10.1 Å². The Bertz CT molecular complexity index is 847. The van der Waals surface area contributed by atoms with Gasteiger partial charge in [-0.15, -0.1) is 6.42 Å². The van der Waals surface area contributed by atoms with E-state index in [1.165, 1.54) is 0 Å². The molecule has 0 bridgehead atoms. The van der Waals surface area contributed by atoms with Crippen LogP contribution < -0.4 is 10.6 Å². The van der Waals surface area contributed by atoms with Crippen LogP contribution in [0, 0.1) is 18.2 Å². The highest BCUT2D eigenvalue weighted by Crippen LogP contribution is 2.24. The Morgan fingerprint density at radius 1 is 1.17 bits per heavy atom. The molecule has 0 unspecified atom stereocenters. The van der Waals surface area contributed by atoms with Crippen molar-refractivity contribution in [2.45, 2.75) is 0 Å². The number of hydrogen-bond donors (Lipinski definition) is 2. The second-order valence-electron chi connectivity index (χ2n) is 4.70. The Kier molecular flexibility index (Phi) is 5.80. The van der Waals surface area contributed by atoms with E-state index in [4.69, 9.17) is 29.6 Å². The summed E-state index contributed by atoms with van der Waals surface area (Å²) in [5.41, 5.74) is 1.00. The maximum Gasteiger partial charge on any atom is 0.253 e. The van der Waals surface area contributed by atoms with Gasteiger partial charge < -0.3 is 10.6 Å². The van der Waals surface area contributed by atoms with Gasteiger partial charge in [-0.05, 0) is 30.3 Å². The molecule has 0 aromatic heterocycles. The fraction of sp³-hybridized carbons (Fsp3) is 0.0588. The number of hydrogen-bond acceptors (Lipinski definition) is 2. The van der Waals surface area contributed by atoms with Crippen molar-refractivity contribution in [3.63, 3.8) is 0 Å². The highest BCUT2D eigenvalue weighted by Gasteiger charge is 2.15. The summed E-state index contributed by atoms with van der Waals surface area (Å²) in [5, 5.41) is 4.73. The van der Waals surface area contributed by atoms with E-state index in [-0.39, 0.29) is 22.2 Å². The highest BCUT2D eigenvalue weighted by molar-refractivity contribution is 6.36. The van der Waals surface area contributed by atoms with Crippen molar-refractivity contribution in [2.75, 3.05) is 11.9 Å². The van der Waals surface area contributed by atoms with Gasteiger partial charge in [0.05, 0.1) is 22.2 Å². The first-order valence-electron chi connectivity index (χ1n) is 6.70. The number of anilines is 1. The first-order chi connectivity index (χ1) is 11.4. The third kappa shape index (κ3) is 4.48. The molecular formula is C17H11Cl2FN2O2. The lowest BCUT2D eigenvalue weighted by atomic mass is 10.2. The van der Waals surface area contributed by atoms with E-state index in [9.17, 15) is 14.0 Å². The molecule has 0 aliphatic heterocycles. The Morgan fingerprint density at radius 2 is 1.92 bits per heavy atom. The van der Waals surface area contributed by atoms with E-state index in [1.807, 2.05) is 0 Å². The fourth-order valence-corrected chi connectivity index (χ4v) is 2.31. The SMILES string of the molecule is C#Cc1cccc(NC(=O)CNC(=O)c2cc(F)c(Cl)cc2Cl)c1. The lowest BCUT2D eigenvalue weighted by molar-refractivity contribution is -0.115. The average Bonchev–Trinajstić information content (AvgIpc) is 2.56. The molecule has 0 saturated heterocycles. The summed E-state index contributed by atoms with van der Waals surface area (Å²) in [5.74, 6) is 0.509. The maximum atomic E-state index is 13.4. The predicted molar refractivity (Wildman–Crippen MR) is 91.8 cm³/mol. The van der Waals surface area contributed by atoms with E-state index in [0.29, 0.717) is 11.3 Å². The summed E-state index contributed by atoms with van der Waals surface area (Å²) < 4.78 is 13.4. The second-order valence-corrected chi connectivity index (χ2v) is 5.52. The molecule has 0 fully saturated rings. The minimum atomic E-state index is -0.776. The van der Waals surface area contributed by atoms with Crippen molar-refractivity contribution >= 4 is 40.7 Å². The van der Waals surface area contributed by atoms with E-state index in [2.05, 4.69) is 16.6 Å². The van der Waals surface area contributed by atoms with Gasteiger partial charge in [-0.2, -0.15) is 0 Å². The Balaban J connectivity index is 1.97. The first kappa shape index (κ1) is 17.8. The van der Waals surface area contributed by atoms with E-state index in [1.54, 1.807) is 24.3 Å². The molecule has 2 aromatic carbocycles. The second kappa shape index (κ2) is 7.82. The monoisotopic (exact) mass is 364 g/mol. The van der Waals surface area contributed by atoms with Gasteiger partial charge in [-0.3, -0.25) is 9.59 Å². The molecule has 122 valence electrons. The summed E-state index contributed by atoms with van der Waals surface area (Å²) in [6, 6.07) is 8.72. The number of amides is 2. The van der Waals surface area contributed by atoms with Gasteiger partial charge >= 0.3 is 0 Å². The van der Waals surface area contributed by atoms with Crippen LogP contribution >= 0.6 is 23.2 Å². The van der Waals surface area contributed by atoms with Gasteiger partial charge in [0.25, 0.3) is 5.91 Å². The molecule has 0 radical (unpaired) electrons. The number of benzene rings is 2. The fourth-order valence-electron chi connectivity index (χ4n) is 1.84. The molecule has 24 heavy (non-hydrogen) atoms. The lowest BCUT2D eigenvalue weighted by Crippen LogP contribution is -2.33. The molecule has 2 aromatic rings. The third-order valence-corrected chi connectivity index (χ3v) is 3.58. The van der Waals surface area contributed by atoms with Crippen LogP contribution in [-0.2, 0) is 4.79 Å². The Labute approximate surface area is 148 Å². The van der Waals surface area contributed by atoms with Crippen LogP contribution in [0.3, 0.4) is 0 Å². The van der Waals surface area contributed by atoms with Gasteiger partial charge in [-0.25, -0.2) is 4.39 Å². The molecule has 0 spiro atoms. The molecule has 2 N–H and O–H groups in total. The molecule has 2 rings (SSSR count). The van der Waals surface area contributed by atoms with Gasteiger partial charge in [0.2, 0.25) is 5.91 Å². The van der Waals surface area contributed by atoms with Crippen molar-refractivity contribution < 1.29 is 14.0 Å². The molecule has 0 saturated carbocycles. The molecule has 4 nitrogen and oxygen atoms in total. The van der Waals surface area contributed by atoms with Gasteiger partial charge in [0.1, 0.15) is 5.82 Å². The number of nitrogens with one attached hydrogen (secondary N) is 2. The number of halogens is 3. The van der Waals surface area contributed by atoms with Crippen LogP contribution in [0.5, 0.6) is 0 Å². The number of rotatable bonds is 4. The summed E-state index contributed by atoms with van der Waals surface area (Å²) >= 11 is 11.4. The number of terminal acetylenes is 1. The Morgan fingerprint density at radius 3 is 2.62 bits per heavy atom. The number of carbonyl (C=O) groups excluding carboxylic acids is 2. The number of carbonyl (C=O) groups is 2. The van der Waals surface area contributed by atoms with E-state index >= 15 is 0 Å². The largest absolute Gasteiger partial charge is 0.343 e. The van der Waals surface area contributed by atoms with Crippen molar-refractivity contribution in [1.29, 1.82) is 0 Å². The van der Waals surface area contributed by atoms with Crippen LogP contribution in [-0.4, -0.2) is 18.4 Å². The van der Waals surface area contributed by atoms with E-state index in [0.717, 1.165) is 12.1 Å². The standard InChI is InChI=1S/C17H11Cl2FN2O2/c1-2-10-4-3-5-11(6-10)22-16(23)9-21-17(24)12-7-15(20)14(19)8-13(12)18/h1,3-8H,9H2,(H,21,24)(H,22,23). The third-order valence-electron chi connectivity index (χ3n) is 2.98. The van der Waals surface area contributed by atoms with Gasteiger partial charge in [0.15, 0.2) is 0 Å². The minimum absolute atomic E-state index is 0.0129. The van der Waals surface area contributed by atoms with Crippen molar-refractivity contribution in [1.82, 2.24) is 5.32 Å². The summed E-state index contributed by atoms with van der Waals surface area (Å²) in [4.78, 5) is 23.8. The average molecular weight is 365 g/mol. The highest BCUT2D eigenvalue weighted by atomic mass is 35.5. The van der Waals surface area contributed by atoms with Gasteiger partial charge in [0, 0.05) is 11.3 Å².